The summed E-state index contributed by atoms with van der Waals surface area (Å²) in [5, 5.41) is 0. The lowest BCUT2D eigenvalue weighted by atomic mass is 9.88. The third-order valence-electron chi connectivity index (χ3n) is 4.21. The van der Waals surface area contributed by atoms with Gasteiger partial charge in [0.25, 0.3) is 5.91 Å². The fraction of sp³-hybridized carbons (Fsp3) is 0.588. The van der Waals surface area contributed by atoms with E-state index >= 15 is 0 Å². The van der Waals surface area contributed by atoms with Gasteiger partial charge in [0.15, 0.2) is 6.10 Å². The molecule has 0 spiro atoms. The van der Waals surface area contributed by atoms with Gasteiger partial charge in [-0.2, -0.15) is 0 Å². The van der Waals surface area contributed by atoms with Crippen molar-refractivity contribution in [3.63, 3.8) is 0 Å². The Kier molecular flexibility index (Phi) is 5.23. The first-order valence-electron chi connectivity index (χ1n) is 7.90. The zero-order valence-electron chi connectivity index (χ0n) is 13.3. The van der Waals surface area contributed by atoms with Gasteiger partial charge >= 0.3 is 0 Å². The minimum absolute atomic E-state index is 0.0296. The van der Waals surface area contributed by atoms with Crippen molar-refractivity contribution in [1.82, 2.24) is 4.90 Å². The number of nitrogens with zero attached hydrogens (tertiary/aromatic N) is 1. The van der Waals surface area contributed by atoms with Crippen molar-refractivity contribution in [3.8, 4) is 5.75 Å². The van der Waals surface area contributed by atoms with Crippen LogP contribution in [0.1, 0.15) is 50.8 Å². The molecule has 1 aliphatic carbocycles. The Balaban J connectivity index is 2.09. The summed E-state index contributed by atoms with van der Waals surface area (Å²) in [6.45, 7) is 7.17. The van der Waals surface area contributed by atoms with Crippen LogP contribution < -0.4 is 10.5 Å². The molecule has 0 aliphatic heterocycles. The van der Waals surface area contributed by atoms with E-state index in [-0.39, 0.29) is 11.9 Å². The summed E-state index contributed by atoms with van der Waals surface area (Å²) in [6, 6.07) is 6.12. The van der Waals surface area contributed by atoms with Gasteiger partial charge in [-0.25, -0.2) is 0 Å². The number of likely N-dealkylation sites (N-methyl/N-ethyl adjacent to an activating group) is 1. The fourth-order valence-electron chi connectivity index (χ4n) is 2.93. The van der Waals surface area contributed by atoms with Crippen LogP contribution in [0.4, 0.5) is 0 Å². The minimum Gasteiger partial charge on any atom is -0.481 e. The largest absolute Gasteiger partial charge is 0.481 e. The number of benzene rings is 1. The first kappa shape index (κ1) is 15.8. The second-order valence-electron chi connectivity index (χ2n) is 5.63. The number of rotatable bonds is 5. The molecule has 0 aromatic heterocycles. The average Bonchev–Trinajstić information content (AvgIpc) is 2.49. The van der Waals surface area contributed by atoms with E-state index in [1.54, 1.807) is 11.8 Å². The summed E-state index contributed by atoms with van der Waals surface area (Å²) >= 11 is 0. The Morgan fingerprint density at radius 3 is 2.81 bits per heavy atom. The van der Waals surface area contributed by atoms with E-state index < -0.39 is 6.10 Å². The molecule has 1 aromatic carbocycles. The van der Waals surface area contributed by atoms with Crippen LogP contribution in [0, 0.1) is 0 Å². The van der Waals surface area contributed by atoms with Crippen molar-refractivity contribution in [1.29, 1.82) is 0 Å². The third kappa shape index (κ3) is 3.56. The molecule has 4 heteroatoms. The van der Waals surface area contributed by atoms with Crippen molar-refractivity contribution in [3.05, 3.63) is 29.3 Å². The number of nitrogens with two attached hydrogens (primary N) is 1. The maximum atomic E-state index is 12.2. The number of amides is 1. The van der Waals surface area contributed by atoms with Gasteiger partial charge in [-0.15, -0.1) is 0 Å². The van der Waals surface area contributed by atoms with Gasteiger partial charge in [-0.05, 0) is 63.3 Å². The highest BCUT2D eigenvalue weighted by Gasteiger charge is 2.21. The smallest absolute Gasteiger partial charge is 0.263 e. The van der Waals surface area contributed by atoms with E-state index in [1.165, 1.54) is 11.1 Å². The molecular weight excluding hydrogens is 264 g/mol. The molecule has 2 N–H and O–H groups in total. The van der Waals surface area contributed by atoms with Crippen LogP contribution in [0.15, 0.2) is 18.2 Å². The summed E-state index contributed by atoms with van der Waals surface area (Å²) in [4.78, 5) is 14.0. The van der Waals surface area contributed by atoms with Gasteiger partial charge < -0.3 is 15.4 Å². The molecule has 1 amide bonds. The third-order valence-corrected chi connectivity index (χ3v) is 4.21. The van der Waals surface area contributed by atoms with Crippen LogP contribution in [-0.4, -0.2) is 30.0 Å². The number of carbonyl (C=O) groups is 1. The lowest BCUT2D eigenvalue weighted by Gasteiger charge is -2.25. The predicted molar refractivity (Wildman–Crippen MR) is 84.3 cm³/mol. The lowest BCUT2D eigenvalue weighted by molar-refractivity contribution is -0.137. The molecule has 0 bridgehead atoms. The SMILES string of the molecule is CCN(CC)C(=O)C(C)Oc1ccc2c(c1)[C@@H](N)CCC2. The van der Waals surface area contributed by atoms with E-state index in [2.05, 4.69) is 6.07 Å². The zero-order valence-corrected chi connectivity index (χ0v) is 13.3. The van der Waals surface area contributed by atoms with Gasteiger partial charge in [-0.1, -0.05) is 6.07 Å². The van der Waals surface area contributed by atoms with E-state index in [0.717, 1.165) is 25.0 Å². The molecule has 4 nitrogen and oxygen atoms in total. The van der Waals surface area contributed by atoms with Crippen LogP contribution in [0.3, 0.4) is 0 Å². The van der Waals surface area contributed by atoms with Gasteiger partial charge in [0.1, 0.15) is 5.75 Å². The van der Waals surface area contributed by atoms with Gasteiger partial charge in [0.2, 0.25) is 0 Å². The number of hydrogen-bond donors (Lipinski definition) is 1. The average molecular weight is 290 g/mol. The highest BCUT2D eigenvalue weighted by atomic mass is 16.5. The molecule has 2 rings (SSSR count). The number of hydrogen-bond acceptors (Lipinski definition) is 3. The molecule has 0 saturated heterocycles. The Labute approximate surface area is 127 Å². The molecular formula is C17H26N2O2. The maximum Gasteiger partial charge on any atom is 0.263 e. The highest BCUT2D eigenvalue weighted by Crippen LogP contribution is 2.31. The maximum absolute atomic E-state index is 12.2. The number of fused-ring (bicyclic) bond motifs is 1. The summed E-state index contributed by atoms with van der Waals surface area (Å²) in [5.41, 5.74) is 8.64. The molecule has 1 aliphatic rings. The van der Waals surface area contributed by atoms with Crippen molar-refractivity contribution in [2.45, 2.75) is 52.2 Å². The van der Waals surface area contributed by atoms with Gasteiger partial charge in [0.05, 0.1) is 0 Å². The molecule has 116 valence electrons. The molecule has 21 heavy (non-hydrogen) atoms. The van der Waals surface area contributed by atoms with E-state index in [4.69, 9.17) is 10.5 Å². The molecule has 1 aromatic rings. The quantitative estimate of drug-likeness (QED) is 0.907. The number of aryl methyl sites for hydroxylation is 1. The van der Waals surface area contributed by atoms with Gasteiger partial charge in [-0.3, -0.25) is 4.79 Å². The van der Waals surface area contributed by atoms with Crippen LogP contribution in [0.5, 0.6) is 5.75 Å². The number of ether oxygens (including phenoxy) is 1. The van der Waals surface area contributed by atoms with Crippen molar-refractivity contribution in [2.24, 2.45) is 5.73 Å². The summed E-state index contributed by atoms with van der Waals surface area (Å²) in [6.07, 6.45) is 2.77. The van der Waals surface area contributed by atoms with Crippen LogP contribution in [-0.2, 0) is 11.2 Å². The Morgan fingerprint density at radius 1 is 1.43 bits per heavy atom. The second-order valence-corrected chi connectivity index (χ2v) is 5.63. The Morgan fingerprint density at radius 2 is 2.14 bits per heavy atom. The topological polar surface area (TPSA) is 55.6 Å². The first-order chi connectivity index (χ1) is 10.1. The van der Waals surface area contributed by atoms with Crippen LogP contribution in [0.2, 0.25) is 0 Å². The van der Waals surface area contributed by atoms with Crippen molar-refractivity contribution < 1.29 is 9.53 Å². The fourth-order valence-corrected chi connectivity index (χ4v) is 2.93. The van der Waals surface area contributed by atoms with E-state index in [1.807, 2.05) is 26.0 Å². The Bertz CT molecular complexity index is 498. The summed E-state index contributed by atoms with van der Waals surface area (Å²) in [5.74, 6) is 0.765. The highest BCUT2D eigenvalue weighted by molar-refractivity contribution is 5.80. The lowest BCUT2D eigenvalue weighted by Crippen LogP contribution is -2.40. The summed E-state index contributed by atoms with van der Waals surface area (Å²) < 4.78 is 5.83. The molecule has 0 heterocycles. The molecule has 0 saturated carbocycles. The minimum atomic E-state index is -0.470. The molecule has 0 fully saturated rings. The zero-order chi connectivity index (χ0) is 15.4. The monoisotopic (exact) mass is 290 g/mol. The predicted octanol–water partition coefficient (Wildman–Crippen LogP) is 2.66. The van der Waals surface area contributed by atoms with Crippen LogP contribution in [0.25, 0.3) is 0 Å². The molecule has 2 atom stereocenters. The van der Waals surface area contributed by atoms with Crippen molar-refractivity contribution >= 4 is 5.91 Å². The van der Waals surface area contributed by atoms with Crippen LogP contribution >= 0.6 is 0 Å². The number of carbonyl (C=O) groups excluding carboxylic acids is 1. The van der Waals surface area contributed by atoms with E-state index in [0.29, 0.717) is 13.1 Å². The molecule has 0 radical (unpaired) electrons. The van der Waals surface area contributed by atoms with Crippen molar-refractivity contribution in [2.75, 3.05) is 13.1 Å². The summed E-state index contributed by atoms with van der Waals surface area (Å²) in [7, 11) is 0. The normalized spacial score (nSPS) is 18.8. The van der Waals surface area contributed by atoms with E-state index in [9.17, 15) is 4.79 Å². The standard InChI is InChI=1S/C17H26N2O2/c1-4-19(5-2)17(20)12(3)21-14-10-9-13-7-6-8-16(18)15(13)11-14/h9-12,16H,4-8,18H2,1-3H3/t12?,16-/m0/s1. The second kappa shape index (κ2) is 6.94. The first-order valence-corrected chi connectivity index (χ1v) is 7.90. The Hall–Kier alpha value is -1.55. The van der Waals surface area contributed by atoms with Gasteiger partial charge in [0, 0.05) is 19.1 Å². The molecule has 1 unspecified atom stereocenters.